The van der Waals surface area contributed by atoms with Crippen molar-refractivity contribution in [3.05, 3.63) is 0 Å². The molecule has 1 fully saturated rings. The zero-order valence-corrected chi connectivity index (χ0v) is 11.8. The van der Waals surface area contributed by atoms with E-state index in [4.69, 9.17) is 5.11 Å². The summed E-state index contributed by atoms with van der Waals surface area (Å²) in [6.07, 6.45) is 0. The van der Waals surface area contributed by atoms with E-state index in [1.165, 1.54) is 0 Å². The number of β-amino-alcohol motifs (C(OH)–C–C–N with tert-alkyl or cyclic N) is 1. The van der Waals surface area contributed by atoms with Crippen molar-refractivity contribution < 1.29 is 13.5 Å². The summed E-state index contributed by atoms with van der Waals surface area (Å²) in [4.78, 5) is 2.09. The molecule has 0 aliphatic carbocycles. The second-order valence-electron chi connectivity index (χ2n) is 5.78. The first-order chi connectivity index (χ1) is 7.74. The first kappa shape index (κ1) is 14.9. The molecule has 1 N–H and O–H groups in total. The summed E-state index contributed by atoms with van der Waals surface area (Å²) in [5.74, 6) is 0.194. The standard InChI is InChI=1S/C11H24N2O3S/c1-11(2,3)10-17(15,16)13-6-4-12(5-7-13)8-9-14/h14H,4-10H2,1-3H3. The van der Waals surface area contributed by atoms with E-state index in [9.17, 15) is 8.42 Å². The van der Waals surface area contributed by atoms with Gasteiger partial charge in [0.15, 0.2) is 0 Å². The number of aliphatic hydroxyl groups excluding tert-OH is 1. The molecule has 1 rings (SSSR count). The summed E-state index contributed by atoms with van der Waals surface area (Å²) in [6, 6.07) is 0. The maximum absolute atomic E-state index is 12.1. The van der Waals surface area contributed by atoms with Crippen molar-refractivity contribution in [1.82, 2.24) is 9.21 Å². The van der Waals surface area contributed by atoms with Gasteiger partial charge in [0.25, 0.3) is 0 Å². The Morgan fingerprint density at radius 1 is 1.12 bits per heavy atom. The predicted octanol–water partition coefficient (Wildman–Crippen LogP) is -0.0278. The fourth-order valence-electron chi connectivity index (χ4n) is 2.01. The van der Waals surface area contributed by atoms with Crippen molar-refractivity contribution >= 4 is 10.0 Å². The van der Waals surface area contributed by atoms with Gasteiger partial charge in [-0.25, -0.2) is 8.42 Å². The van der Waals surface area contributed by atoms with Crippen molar-refractivity contribution in [2.75, 3.05) is 45.1 Å². The lowest BCUT2D eigenvalue weighted by molar-refractivity contribution is 0.151. The number of sulfonamides is 1. The van der Waals surface area contributed by atoms with Crippen LogP contribution in [-0.2, 0) is 10.0 Å². The summed E-state index contributed by atoms with van der Waals surface area (Å²) in [6.45, 7) is 9.08. The quantitative estimate of drug-likeness (QED) is 0.775. The summed E-state index contributed by atoms with van der Waals surface area (Å²) < 4.78 is 25.8. The van der Waals surface area contributed by atoms with Crippen LogP contribution in [-0.4, -0.2) is 67.8 Å². The van der Waals surface area contributed by atoms with Crippen LogP contribution in [0.2, 0.25) is 0 Å². The summed E-state index contributed by atoms with van der Waals surface area (Å²) in [5.41, 5.74) is -0.207. The zero-order valence-electron chi connectivity index (χ0n) is 11.0. The van der Waals surface area contributed by atoms with Crippen LogP contribution in [0.4, 0.5) is 0 Å². The molecular weight excluding hydrogens is 240 g/mol. The molecular formula is C11H24N2O3S. The molecule has 1 aliphatic heterocycles. The van der Waals surface area contributed by atoms with Crippen molar-refractivity contribution in [1.29, 1.82) is 0 Å². The maximum atomic E-state index is 12.1. The van der Waals surface area contributed by atoms with Crippen LogP contribution < -0.4 is 0 Å². The zero-order chi connectivity index (χ0) is 13.1. The predicted molar refractivity (Wildman–Crippen MR) is 68.3 cm³/mol. The van der Waals surface area contributed by atoms with E-state index >= 15 is 0 Å². The van der Waals surface area contributed by atoms with E-state index in [-0.39, 0.29) is 17.8 Å². The van der Waals surface area contributed by atoms with E-state index in [1.807, 2.05) is 20.8 Å². The largest absolute Gasteiger partial charge is 0.395 e. The summed E-state index contributed by atoms with van der Waals surface area (Å²) in [5, 5.41) is 8.82. The van der Waals surface area contributed by atoms with Crippen molar-refractivity contribution in [3.8, 4) is 0 Å². The van der Waals surface area contributed by atoms with Gasteiger partial charge in [-0.15, -0.1) is 0 Å². The molecule has 1 saturated heterocycles. The van der Waals surface area contributed by atoms with Gasteiger partial charge in [0.2, 0.25) is 10.0 Å². The Balaban J connectivity index is 2.53. The maximum Gasteiger partial charge on any atom is 0.214 e. The number of nitrogens with zero attached hydrogens (tertiary/aromatic N) is 2. The molecule has 5 nitrogen and oxygen atoms in total. The van der Waals surface area contributed by atoms with Crippen LogP contribution in [0.5, 0.6) is 0 Å². The molecule has 1 aliphatic rings. The van der Waals surface area contributed by atoms with E-state index in [1.54, 1.807) is 4.31 Å². The Bertz CT molecular complexity index is 327. The highest BCUT2D eigenvalue weighted by molar-refractivity contribution is 7.89. The summed E-state index contributed by atoms with van der Waals surface area (Å²) >= 11 is 0. The van der Waals surface area contributed by atoms with Gasteiger partial charge >= 0.3 is 0 Å². The smallest absolute Gasteiger partial charge is 0.214 e. The Morgan fingerprint density at radius 2 is 1.65 bits per heavy atom. The van der Waals surface area contributed by atoms with E-state index in [2.05, 4.69) is 4.90 Å². The number of piperazine rings is 1. The SMILES string of the molecule is CC(C)(C)CS(=O)(=O)N1CCN(CCO)CC1. The molecule has 102 valence electrons. The number of rotatable bonds is 4. The first-order valence-corrected chi connectivity index (χ1v) is 7.66. The molecule has 17 heavy (non-hydrogen) atoms. The van der Waals surface area contributed by atoms with Crippen LogP contribution in [0.3, 0.4) is 0 Å². The second kappa shape index (κ2) is 5.65. The van der Waals surface area contributed by atoms with Crippen molar-refractivity contribution in [3.63, 3.8) is 0 Å². The molecule has 1 heterocycles. The van der Waals surface area contributed by atoms with Gasteiger partial charge in [0.05, 0.1) is 12.4 Å². The molecule has 0 bridgehead atoms. The third-order valence-electron chi connectivity index (χ3n) is 2.76. The Labute approximate surface area is 104 Å². The van der Waals surface area contributed by atoms with E-state index in [0.717, 1.165) is 0 Å². The molecule has 0 saturated carbocycles. The lowest BCUT2D eigenvalue weighted by atomic mass is 10.0. The van der Waals surface area contributed by atoms with Gasteiger partial charge in [-0.3, -0.25) is 4.90 Å². The number of aliphatic hydroxyl groups is 1. The van der Waals surface area contributed by atoms with Gasteiger partial charge in [0, 0.05) is 32.7 Å². The van der Waals surface area contributed by atoms with Gasteiger partial charge in [0.1, 0.15) is 0 Å². The lowest BCUT2D eigenvalue weighted by Crippen LogP contribution is -2.50. The van der Waals surface area contributed by atoms with Gasteiger partial charge in [-0.05, 0) is 5.41 Å². The van der Waals surface area contributed by atoms with Crippen molar-refractivity contribution in [2.45, 2.75) is 20.8 Å². The molecule has 0 atom stereocenters. The number of hydrogen-bond acceptors (Lipinski definition) is 4. The molecule has 0 spiro atoms. The van der Waals surface area contributed by atoms with Crippen LogP contribution in [0.25, 0.3) is 0 Å². The molecule has 0 unspecified atom stereocenters. The van der Waals surface area contributed by atoms with Crippen LogP contribution in [0, 0.1) is 5.41 Å². The van der Waals surface area contributed by atoms with Crippen LogP contribution in [0.1, 0.15) is 20.8 Å². The number of hydrogen-bond donors (Lipinski definition) is 1. The lowest BCUT2D eigenvalue weighted by Gasteiger charge is -2.34. The first-order valence-electron chi connectivity index (χ1n) is 6.06. The summed E-state index contributed by atoms with van der Waals surface area (Å²) in [7, 11) is -3.14. The molecule has 0 aromatic heterocycles. The van der Waals surface area contributed by atoms with Crippen LogP contribution in [0.15, 0.2) is 0 Å². The van der Waals surface area contributed by atoms with Gasteiger partial charge in [-0.1, -0.05) is 20.8 Å². The fraction of sp³-hybridized carbons (Fsp3) is 1.00. The Kier molecular flexibility index (Phi) is 4.95. The van der Waals surface area contributed by atoms with E-state index in [0.29, 0.717) is 32.7 Å². The molecule has 6 heteroatoms. The van der Waals surface area contributed by atoms with E-state index < -0.39 is 10.0 Å². The normalized spacial score (nSPS) is 20.7. The second-order valence-corrected chi connectivity index (χ2v) is 7.75. The highest BCUT2D eigenvalue weighted by Crippen LogP contribution is 2.19. The Morgan fingerprint density at radius 3 is 2.06 bits per heavy atom. The molecule has 0 amide bonds. The average Bonchev–Trinajstić information content (AvgIpc) is 2.15. The Hall–Kier alpha value is -0.170. The highest BCUT2D eigenvalue weighted by atomic mass is 32.2. The minimum absolute atomic E-state index is 0.134. The topological polar surface area (TPSA) is 60.9 Å². The highest BCUT2D eigenvalue weighted by Gasteiger charge is 2.30. The fourth-order valence-corrected chi connectivity index (χ4v) is 4.01. The van der Waals surface area contributed by atoms with Crippen molar-refractivity contribution in [2.24, 2.45) is 5.41 Å². The third kappa shape index (κ3) is 4.91. The third-order valence-corrected chi connectivity index (χ3v) is 5.14. The molecule has 0 radical (unpaired) electrons. The average molecular weight is 264 g/mol. The molecule has 0 aromatic carbocycles. The van der Waals surface area contributed by atoms with Gasteiger partial charge in [-0.2, -0.15) is 4.31 Å². The minimum Gasteiger partial charge on any atom is -0.395 e. The van der Waals surface area contributed by atoms with Crippen LogP contribution >= 0.6 is 0 Å². The monoisotopic (exact) mass is 264 g/mol. The van der Waals surface area contributed by atoms with Gasteiger partial charge < -0.3 is 5.11 Å². The molecule has 0 aromatic rings. The minimum atomic E-state index is -3.14.